The molecule has 204 valence electrons. The molecule has 9 nitrogen and oxygen atoms in total. The van der Waals surface area contributed by atoms with Crippen LogP contribution >= 0.6 is 0 Å². The van der Waals surface area contributed by atoms with Crippen molar-refractivity contribution in [2.45, 2.75) is 51.7 Å². The van der Waals surface area contributed by atoms with Gasteiger partial charge in [-0.2, -0.15) is 5.10 Å². The Morgan fingerprint density at radius 3 is 2.67 bits per heavy atom. The summed E-state index contributed by atoms with van der Waals surface area (Å²) in [6.07, 6.45) is 5.71. The molecular formula is C30H36N6O3. The molecule has 6 heterocycles. The van der Waals surface area contributed by atoms with Gasteiger partial charge in [0.15, 0.2) is 5.65 Å². The van der Waals surface area contributed by atoms with Gasteiger partial charge in [0.2, 0.25) is 5.91 Å². The van der Waals surface area contributed by atoms with Crippen LogP contribution in [0.3, 0.4) is 0 Å². The third-order valence-corrected chi connectivity index (χ3v) is 8.77. The maximum atomic E-state index is 12.9. The minimum Gasteiger partial charge on any atom is -0.379 e. The highest BCUT2D eigenvalue weighted by Crippen LogP contribution is 2.41. The molecule has 2 saturated heterocycles. The second-order valence-electron chi connectivity index (χ2n) is 11.4. The number of aromatic amines is 1. The fourth-order valence-electron chi connectivity index (χ4n) is 6.65. The number of morpholine rings is 1. The Morgan fingerprint density at radius 1 is 1.08 bits per heavy atom. The van der Waals surface area contributed by atoms with Crippen LogP contribution in [-0.2, 0) is 27.5 Å². The number of carbonyl (C=O) groups is 1. The minimum atomic E-state index is 0.254. The van der Waals surface area contributed by atoms with Gasteiger partial charge in [-0.1, -0.05) is 19.9 Å². The fraction of sp³-hybridized carbons (Fsp3) is 0.500. The van der Waals surface area contributed by atoms with Crippen LogP contribution < -0.4 is 0 Å². The van der Waals surface area contributed by atoms with Crippen molar-refractivity contribution in [2.75, 3.05) is 45.9 Å². The number of hydrogen-bond donors (Lipinski definition) is 1. The van der Waals surface area contributed by atoms with Crippen molar-refractivity contribution in [1.82, 2.24) is 29.4 Å². The normalized spacial score (nSPS) is 19.0. The number of amides is 1. The number of carbonyl (C=O) groups excluding carboxylic acids is 1. The number of fused-ring (bicyclic) bond motifs is 4. The molecule has 7 rings (SSSR count). The zero-order chi connectivity index (χ0) is 26.5. The van der Waals surface area contributed by atoms with E-state index in [1.165, 1.54) is 22.1 Å². The Labute approximate surface area is 228 Å². The van der Waals surface area contributed by atoms with E-state index in [-0.39, 0.29) is 5.91 Å². The van der Waals surface area contributed by atoms with Crippen LogP contribution in [0.5, 0.6) is 0 Å². The van der Waals surface area contributed by atoms with E-state index in [2.05, 4.69) is 63.1 Å². The Kier molecular flexibility index (Phi) is 6.37. The summed E-state index contributed by atoms with van der Waals surface area (Å²) in [6.45, 7) is 11.0. The number of H-pyrrole nitrogens is 1. The molecule has 2 fully saturated rings. The zero-order valence-electron chi connectivity index (χ0n) is 22.8. The highest BCUT2D eigenvalue weighted by Gasteiger charge is 2.28. The van der Waals surface area contributed by atoms with E-state index in [4.69, 9.17) is 9.47 Å². The van der Waals surface area contributed by atoms with E-state index in [1.54, 1.807) is 6.33 Å². The van der Waals surface area contributed by atoms with Crippen molar-refractivity contribution < 1.29 is 14.3 Å². The first-order valence-corrected chi connectivity index (χ1v) is 14.2. The SMILES string of the molecule is CC(C)c1c(-c2cn3ncnc3c3c2COC3)[nH]c2ccc(C3CCN(C(=O)CN4CCOCC4)CC3)cc12. The molecule has 1 aromatic carbocycles. The number of aromatic nitrogens is 4. The van der Waals surface area contributed by atoms with Gasteiger partial charge in [-0.05, 0) is 53.5 Å². The van der Waals surface area contributed by atoms with Crippen molar-refractivity contribution in [3.8, 4) is 11.3 Å². The average molecular weight is 529 g/mol. The topological polar surface area (TPSA) is 88.0 Å². The molecule has 9 heteroatoms. The molecule has 0 aliphatic carbocycles. The number of rotatable bonds is 5. The number of hydrogen-bond acceptors (Lipinski definition) is 6. The smallest absolute Gasteiger partial charge is 0.236 e. The summed E-state index contributed by atoms with van der Waals surface area (Å²) >= 11 is 0. The van der Waals surface area contributed by atoms with Crippen LogP contribution in [0.4, 0.5) is 0 Å². The lowest BCUT2D eigenvalue weighted by atomic mass is 9.87. The Bertz CT molecular complexity index is 1520. The third-order valence-electron chi connectivity index (χ3n) is 8.77. The first-order valence-electron chi connectivity index (χ1n) is 14.2. The lowest BCUT2D eigenvalue weighted by Gasteiger charge is -2.34. The summed E-state index contributed by atoms with van der Waals surface area (Å²) in [5.74, 6) is 1.06. The van der Waals surface area contributed by atoms with Crippen LogP contribution in [-0.4, -0.2) is 81.2 Å². The van der Waals surface area contributed by atoms with Gasteiger partial charge in [-0.15, -0.1) is 0 Å². The molecule has 39 heavy (non-hydrogen) atoms. The summed E-state index contributed by atoms with van der Waals surface area (Å²) in [6, 6.07) is 6.91. The number of piperidine rings is 1. The largest absolute Gasteiger partial charge is 0.379 e. The molecule has 3 aliphatic heterocycles. The average Bonchev–Trinajstić information content (AvgIpc) is 3.70. The van der Waals surface area contributed by atoms with Crippen molar-refractivity contribution in [3.05, 3.63) is 53.0 Å². The van der Waals surface area contributed by atoms with Crippen molar-refractivity contribution >= 4 is 22.5 Å². The number of nitrogens with one attached hydrogen (secondary N) is 1. The van der Waals surface area contributed by atoms with Gasteiger partial charge in [0, 0.05) is 54.4 Å². The lowest BCUT2D eigenvalue weighted by Crippen LogP contribution is -2.46. The second kappa shape index (κ2) is 10.0. The van der Waals surface area contributed by atoms with Gasteiger partial charge in [0.25, 0.3) is 0 Å². The maximum Gasteiger partial charge on any atom is 0.236 e. The number of pyridine rings is 1. The number of ether oxygens (including phenoxy) is 2. The maximum absolute atomic E-state index is 12.9. The van der Waals surface area contributed by atoms with Gasteiger partial charge in [-0.25, -0.2) is 9.50 Å². The summed E-state index contributed by atoms with van der Waals surface area (Å²) < 4.78 is 13.2. The summed E-state index contributed by atoms with van der Waals surface area (Å²) in [4.78, 5) is 25.4. The van der Waals surface area contributed by atoms with Crippen molar-refractivity contribution in [2.24, 2.45) is 0 Å². The Hall–Kier alpha value is -3.27. The summed E-state index contributed by atoms with van der Waals surface area (Å²) in [5.41, 5.74) is 9.38. The molecule has 1 N–H and O–H groups in total. The molecule has 3 aromatic heterocycles. The molecule has 4 aromatic rings. The Balaban J connectivity index is 1.16. The van der Waals surface area contributed by atoms with Gasteiger partial charge >= 0.3 is 0 Å². The summed E-state index contributed by atoms with van der Waals surface area (Å²) in [7, 11) is 0. The van der Waals surface area contributed by atoms with Crippen molar-refractivity contribution in [1.29, 1.82) is 0 Å². The molecule has 0 saturated carbocycles. The van der Waals surface area contributed by atoms with Crippen LogP contribution in [0.2, 0.25) is 0 Å². The third kappa shape index (κ3) is 4.42. The zero-order valence-corrected chi connectivity index (χ0v) is 22.8. The summed E-state index contributed by atoms with van der Waals surface area (Å²) in [5, 5.41) is 5.72. The van der Waals surface area contributed by atoms with Gasteiger partial charge in [0.05, 0.1) is 38.7 Å². The standard InChI is InChI=1S/C30H36N6O3/c1-19(2)28-22-13-21(20-5-7-35(8-6-20)27(37)15-34-9-11-38-12-10-34)3-4-26(22)33-29(28)23-14-36-30(31-18-32-36)25-17-39-16-24(23)25/h3-4,13-14,18-20,33H,5-12,15-17H2,1-2H3. The number of nitrogens with zero attached hydrogens (tertiary/aromatic N) is 5. The van der Waals surface area contributed by atoms with E-state index in [9.17, 15) is 4.79 Å². The van der Waals surface area contributed by atoms with Crippen LogP contribution in [0, 0.1) is 0 Å². The molecule has 3 aliphatic rings. The van der Waals surface area contributed by atoms with Gasteiger partial charge < -0.3 is 19.4 Å². The molecule has 0 unspecified atom stereocenters. The van der Waals surface area contributed by atoms with Crippen LogP contribution in [0.15, 0.2) is 30.7 Å². The fourth-order valence-corrected chi connectivity index (χ4v) is 6.65. The van der Waals surface area contributed by atoms with Gasteiger partial charge in [0.1, 0.15) is 6.33 Å². The van der Waals surface area contributed by atoms with Crippen LogP contribution in [0.25, 0.3) is 27.8 Å². The first-order chi connectivity index (χ1) is 19.1. The lowest BCUT2D eigenvalue weighted by molar-refractivity contribution is -0.134. The molecule has 0 radical (unpaired) electrons. The second-order valence-corrected chi connectivity index (χ2v) is 11.4. The molecule has 0 atom stereocenters. The Morgan fingerprint density at radius 2 is 1.87 bits per heavy atom. The van der Waals surface area contributed by atoms with E-state index in [0.29, 0.717) is 31.6 Å². The van der Waals surface area contributed by atoms with E-state index >= 15 is 0 Å². The molecule has 0 spiro atoms. The predicted molar refractivity (Wildman–Crippen MR) is 149 cm³/mol. The minimum absolute atomic E-state index is 0.254. The van der Waals surface area contributed by atoms with Crippen LogP contribution in [0.1, 0.15) is 60.8 Å². The van der Waals surface area contributed by atoms with E-state index in [0.717, 1.165) is 80.2 Å². The number of likely N-dealkylation sites (tertiary alicyclic amines) is 1. The van der Waals surface area contributed by atoms with E-state index < -0.39 is 0 Å². The highest BCUT2D eigenvalue weighted by atomic mass is 16.5. The predicted octanol–water partition coefficient (Wildman–Crippen LogP) is 4.07. The van der Waals surface area contributed by atoms with Gasteiger partial charge in [-0.3, -0.25) is 9.69 Å². The quantitative estimate of drug-likeness (QED) is 0.420. The first kappa shape index (κ1) is 24.7. The molecular weight excluding hydrogens is 492 g/mol. The molecule has 0 bridgehead atoms. The van der Waals surface area contributed by atoms with E-state index in [1.807, 2.05) is 4.52 Å². The molecule has 1 amide bonds. The monoisotopic (exact) mass is 528 g/mol. The van der Waals surface area contributed by atoms with Crippen molar-refractivity contribution in [3.63, 3.8) is 0 Å². The highest BCUT2D eigenvalue weighted by molar-refractivity contribution is 5.93. The number of benzene rings is 1.